The van der Waals surface area contributed by atoms with Crippen molar-refractivity contribution in [1.29, 1.82) is 0 Å². The van der Waals surface area contributed by atoms with E-state index in [1.54, 1.807) is 0 Å². The molecule has 0 atom stereocenters. The summed E-state index contributed by atoms with van der Waals surface area (Å²) in [7, 11) is 0. The first-order chi connectivity index (χ1) is 6.75. The molecule has 1 aromatic rings. The van der Waals surface area contributed by atoms with Crippen LogP contribution in [0.15, 0.2) is 29.4 Å². The van der Waals surface area contributed by atoms with E-state index in [-0.39, 0.29) is 0 Å². The average molecular weight is 187 g/mol. The van der Waals surface area contributed by atoms with Crippen molar-refractivity contribution in [2.45, 2.75) is 13.8 Å². The van der Waals surface area contributed by atoms with Gasteiger partial charge in [-0.05, 0) is 36.1 Å². The summed E-state index contributed by atoms with van der Waals surface area (Å²) >= 11 is 0. The zero-order valence-corrected chi connectivity index (χ0v) is 8.44. The summed E-state index contributed by atoms with van der Waals surface area (Å²) in [5.74, 6) is 0. The molecule has 0 aliphatic carbocycles. The van der Waals surface area contributed by atoms with Crippen LogP contribution < -0.4 is 0 Å². The number of hydrogen-bond donors (Lipinski definition) is 0. The molecular formula is C11H13N3. The zero-order valence-electron chi connectivity index (χ0n) is 8.44. The maximum absolute atomic E-state index is 8.09. The van der Waals surface area contributed by atoms with Gasteiger partial charge in [-0.3, -0.25) is 0 Å². The van der Waals surface area contributed by atoms with E-state index in [0.717, 1.165) is 0 Å². The molecule has 0 aromatic heterocycles. The Balaban J connectivity index is 2.81. The van der Waals surface area contributed by atoms with Crippen LogP contribution in [0.4, 0.5) is 0 Å². The van der Waals surface area contributed by atoms with Gasteiger partial charge < -0.3 is 0 Å². The highest BCUT2D eigenvalue weighted by atomic mass is 15.1. The second kappa shape index (κ2) is 5.10. The highest BCUT2D eigenvalue weighted by Gasteiger charge is 1.95. The molecule has 0 fully saturated rings. The summed E-state index contributed by atoms with van der Waals surface area (Å²) in [6.45, 7) is 4.58. The van der Waals surface area contributed by atoms with Gasteiger partial charge in [0.2, 0.25) is 0 Å². The Morgan fingerprint density at radius 2 is 2.21 bits per heavy atom. The fourth-order valence-corrected chi connectivity index (χ4v) is 1.22. The monoisotopic (exact) mass is 187 g/mol. The molecule has 0 unspecified atom stereocenters. The van der Waals surface area contributed by atoms with Crippen molar-refractivity contribution < 1.29 is 0 Å². The first-order valence-electron chi connectivity index (χ1n) is 4.49. The summed E-state index contributed by atoms with van der Waals surface area (Å²) in [4.78, 5) is 2.68. The highest BCUT2D eigenvalue weighted by Crippen LogP contribution is 2.13. The van der Waals surface area contributed by atoms with Crippen molar-refractivity contribution in [3.63, 3.8) is 0 Å². The van der Waals surface area contributed by atoms with Gasteiger partial charge in [-0.1, -0.05) is 35.5 Å². The van der Waals surface area contributed by atoms with Gasteiger partial charge in [0.1, 0.15) is 0 Å². The van der Waals surface area contributed by atoms with Gasteiger partial charge in [0, 0.05) is 11.5 Å². The molecule has 14 heavy (non-hydrogen) atoms. The zero-order chi connectivity index (χ0) is 10.4. The van der Waals surface area contributed by atoms with Crippen LogP contribution in [0.1, 0.15) is 16.7 Å². The molecule has 0 radical (unpaired) electrons. The van der Waals surface area contributed by atoms with Crippen molar-refractivity contribution in [1.82, 2.24) is 0 Å². The van der Waals surface area contributed by atoms with E-state index in [9.17, 15) is 0 Å². The van der Waals surface area contributed by atoms with Crippen molar-refractivity contribution in [2.75, 3.05) is 6.54 Å². The maximum Gasteiger partial charge on any atom is 0.0443 e. The molecule has 0 aliphatic rings. The number of hydrogen-bond acceptors (Lipinski definition) is 1. The maximum atomic E-state index is 8.09. The van der Waals surface area contributed by atoms with Crippen LogP contribution in [-0.4, -0.2) is 6.54 Å². The molecule has 0 aliphatic heterocycles. The summed E-state index contributed by atoms with van der Waals surface area (Å²) in [5, 5.41) is 3.43. The number of rotatable bonds is 3. The quantitative estimate of drug-likeness (QED) is 0.394. The van der Waals surface area contributed by atoms with Crippen molar-refractivity contribution in [3.8, 4) is 0 Å². The Hall–Kier alpha value is -1.73. The van der Waals surface area contributed by atoms with E-state index in [0.29, 0.717) is 6.54 Å². The SMILES string of the molecule is Cc1cccc(C=CCN=[N+]=[N-])c1C. The lowest BCUT2D eigenvalue weighted by Gasteiger charge is -2.02. The Bertz CT molecular complexity index is 388. The largest absolute Gasteiger partial charge is 0.0899 e. The summed E-state index contributed by atoms with van der Waals surface area (Å²) in [6, 6.07) is 6.16. The molecular weight excluding hydrogens is 174 g/mol. The van der Waals surface area contributed by atoms with Crippen LogP contribution in [-0.2, 0) is 0 Å². The summed E-state index contributed by atoms with van der Waals surface area (Å²) in [5.41, 5.74) is 11.8. The van der Waals surface area contributed by atoms with Crippen LogP contribution >= 0.6 is 0 Å². The average Bonchev–Trinajstić information content (AvgIpc) is 2.19. The minimum Gasteiger partial charge on any atom is -0.0899 e. The number of azide groups is 1. The molecule has 1 rings (SSSR count). The fraction of sp³-hybridized carbons (Fsp3) is 0.273. The molecule has 0 spiro atoms. The van der Waals surface area contributed by atoms with Crippen LogP contribution in [0.25, 0.3) is 16.5 Å². The smallest absolute Gasteiger partial charge is 0.0443 e. The van der Waals surface area contributed by atoms with Gasteiger partial charge in [0.15, 0.2) is 0 Å². The molecule has 3 nitrogen and oxygen atoms in total. The predicted octanol–water partition coefficient (Wildman–Crippen LogP) is 3.63. The van der Waals surface area contributed by atoms with E-state index in [4.69, 9.17) is 5.53 Å². The third kappa shape index (κ3) is 2.64. The van der Waals surface area contributed by atoms with E-state index in [1.807, 2.05) is 18.2 Å². The fourth-order valence-electron chi connectivity index (χ4n) is 1.22. The molecule has 1 aromatic carbocycles. The van der Waals surface area contributed by atoms with Crippen LogP contribution in [0, 0.1) is 13.8 Å². The third-order valence-corrected chi connectivity index (χ3v) is 2.19. The van der Waals surface area contributed by atoms with Crippen LogP contribution in [0.5, 0.6) is 0 Å². The standard InChI is InChI=1S/C11H13N3/c1-9-5-3-6-11(10(9)2)7-4-8-13-14-12/h3-7H,8H2,1-2H3. The second-order valence-corrected chi connectivity index (χ2v) is 3.10. The Morgan fingerprint density at radius 3 is 2.93 bits per heavy atom. The van der Waals surface area contributed by atoms with Crippen molar-refractivity contribution in [2.24, 2.45) is 5.11 Å². The molecule has 0 N–H and O–H groups in total. The third-order valence-electron chi connectivity index (χ3n) is 2.19. The minimum atomic E-state index is 0.407. The molecule has 0 heterocycles. The summed E-state index contributed by atoms with van der Waals surface area (Å²) in [6.07, 6.45) is 3.85. The Morgan fingerprint density at radius 1 is 1.43 bits per heavy atom. The van der Waals surface area contributed by atoms with Gasteiger partial charge in [0.05, 0.1) is 0 Å². The van der Waals surface area contributed by atoms with Gasteiger partial charge in [-0.15, -0.1) is 0 Å². The van der Waals surface area contributed by atoms with Crippen LogP contribution in [0.3, 0.4) is 0 Å². The van der Waals surface area contributed by atoms with Gasteiger partial charge in [0.25, 0.3) is 0 Å². The Kier molecular flexibility index (Phi) is 3.77. The molecule has 3 heteroatoms. The van der Waals surface area contributed by atoms with Gasteiger partial charge >= 0.3 is 0 Å². The van der Waals surface area contributed by atoms with Crippen molar-refractivity contribution >= 4 is 6.08 Å². The summed E-state index contributed by atoms with van der Waals surface area (Å²) < 4.78 is 0. The van der Waals surface area contributed by atoms with E-state index in [1.165, 1.54) is 16.7 Å². The second-order valence-electron chi connectivity index (χ2n) is 3.10. The topological polar surface area (TPSA) is 48.8 Å². The molecule has 72 valence electrons. The normalized spacial score (nSPS) is 10.1. The van der Waals surface area contributed by atoms with E-state index >= 15 is 0 Å². The van der Waals surface area contributed by atoms with Crippen molar-refractivity contribution in [3.05, 3.63) is 51.4 Å². The lowest BCUT2D eigenvalue weighted by Crippen LogP contribution is -1.84. The lowest BCUT2D eigenvalue weighted by atomic mass is 10.0. The first kappa shape index (κ1) is 10.4. The predicted molar refractivity (Wildman–Crippen MR) is 59.0 cm³/mol. The highest BCUT2D eigenvalue weighted by molar-refractivity contribution is 5.55. The van der Waals surface area contributed by atoms with Gasteiger partial charge in [-0.2, -0.15) is 0 Å². The van der Waals surface area contributed by atoms with Crippen LogP contribution in [0.2, 0.25) is 0 Å². The molecule has 0 saturated carbocycles. The van der Waals surface area contributed by atoms with E-state index in [2.05, 4.69) is 36.0 Å². The molecule has 0 bridgehead atoms. The number of benzene rings is 1. The first-order valence-corrected chi connectivity index (χ1v) is 4.49. The number of nitrogens with zero attached hydrogens (tertiary/aromatic N) is 3. The van der Waals surface area contributed by atoms with Gasteiger partial charge in [-0.25, -0.2) is 0 Å². The molecule has 0 saturated heterocycles. The molecule has 0 amide bonds. The minimum absolute atomic E-state index is 0.407. The van der Waals surface area contributed by atoms with E-state index < -0.39 is 0 Å². The Labute approximate surface area is 83.7 Å². The lowest BCUT2D eigenvalue weighted by molar-refractivity contribution is 1.22. The number of aryl methyl sites for hydroxylation is 1.